The first-order valence-electron chi connectivity index (χ1n) is 5.24. The Labute approximate surface area is 123 Å². The molecular weight excluding hydrogens is 366 g/mol. The minimum absolute atomic E-state index is 0.218. The lowest BCUT2D eigenvalue weighted by molar-refractivity contribution is 0.103. The Kier molecular flexibility index (Phi) is 4.02. The molecule has 0 saturated heterocycles. The molecule has 0 fully saturated rings. The van der Waals surface area contributed by atoms with Gasteiger partial charge in [-0.25, -0.2) is 4.39 Å². The summed E-state index contributed by atoms with van der Waals surface area (Å²) >= 11 is 7.94. The molecule has 0 aliphatic rings. The van der Waals surface area contributed by atoms with E-state index in [2.05, 4.69) is 22.6 Å². The number of hydrogen-bond donors (Lipinski definition) is 0. The molecule has 0 aliphatic carbocycles. The summed E-state index contributed by atoms with van der Waals surface area (Å²) in [5.74, 6) is -0.625. The van der Waals surface area contributed by atoms with Crippen molar-refractivity contribution in [3.8, 4) is 0 Å². The average Bonchev–Trinajstić information content (AvgIpc) is 2.30. The number of rotatable bonds is 2. The number of carbonyl (C=O) groups is 1. The van der Waals surface area contributed by atoms with Gasteiger partial charge < -0.3 is 0 Å². The Hall–Kier alpha value is -0.940. The van der Waals surface area contributed by atoms with Crippen molar-refractivity contribution >= 4 is 40.0 Å². The van der Waals surface area contributed by atoms with Gasteiger partial charge in [-0.15, -0.1) is 0 Å². The van der Waals surface area contributed by atoms with Gasteiger partial charge in [-0.1, -0.05) is 11.6 Å². The quantitative estimate of drug-likeness (QED) is 0.554. The maximum Gasteiger partial charge on any atom is 0.194 e. The van der Waals surface area contributed by atoms with Crippen molar-refractivity contribution in [3.05, 3.63) is 67.5 Å². The maximum absolute atomic E-state index is 13.3. The molecule has 0 unspecified atom stereocenters. The van der Waals surface area contributed by atoms with Gasteiger partial charge in [0.25, 0.3) is 0 Å². The Morgan fingerprint density at radius 2 is 1.94 bits per heavy atom. The minimum atomic E-state index is -0.407. The van der Waals surface area contributed by atoms with E-state index in [4.69, 9.17) is 11.6 Å². The Balaban J connectivity index is 2.51. The number of ketones is 1. The SMILES string of the molecule is Cc1cc(F)cc(C(=O)c2cc(Cl)ccc2I)c1. The average molecular weight is 375 g/mol. The standard InChI is InChI=1S/C14H9ClFIO/c1-8-4-9(6-11(16)5-8)14(18)12-7-10(15)2-3-13(12)17/h2-7H,1H3. The van der Waals surface area contributed by atoms with Crippen LogP contribution in [0.25, 0.3) is 0 Å². The molecule has 0 amide bonds. The lowest BCUT2D eigenvalue weighted by Crippen LogP contribution is -2.04. The Morgan fingerprint density at radius 3 is 2.61 bits per heavy atom. The van der Waals surface area contributed by atoms with E-state index in [-0.39, 0.29) is 5.78 Å². The molecule has 92 valence electrons. The second kappa shape index (κ2) is 5.36. The minimum Gasteiger partial charge on any atom is -0.289 e. The van der Waals surface area contributed by atoms with E-state index in [1.165, 1.54) is 12.1 Å². The summed E-state index contributed by atoms with van der Waals surface area (Å²) in [6.07, 6.45) is 0. The fraction of sp³-hybridized carbons (Fsp3) is 0.0714. The first-order chi connectivity index (χ1) is 8.47. The number of hydrogen-bond acceptors (Lipinski definition) is 1. The van der Waals surface area contributed by atoms with Gasteiger partial charge in [-0.05, 0) is 71.5 Å². The monoisotopic (exact) mass is 374 g/mol. The molecular formula is C14H9ClFIO. The molecule has 0 heterocycles. The van der Waals surface area contributed by atoms with Gasteiger partial charge in [0.05, 0.1) is 0 Å². The van der Waals surface area contributed by atoms with Gasteiger partial charge in [0.15, 0.2) is 5.78 Å². The van der Waals surface area contributed by atoms with Crippen molar-refractivity contribution in [2.24, 2.45) is 0 Å². The van der Waals surface area contributed by atoms with Crippen molar-refractivity contribution < 1.29 is 9.18 Å². The van der Waals surface area contributed by atoms with Crippen LogP contribution in [0.5, 0.6) is 0 Å². The van der Waals surface area contributed by atoms with Crippen LogP contribution in [0, 0.1) is 16.3 Å². The summed E-state index contributed by atoms with van der Waals surface area (Å²) in [5, 5.41) is 0.492. The highest BCUT2D eigenvalue weighted by molar-refractivity contribution is 14.1. The van der Waals surface area contributed by atoms with Crippen molar-refractivity contribution in [3.63, 3.8) is 0 Å². The van der Waals surface area contributed by atoms with E-state index < -0.39 is 5.82 Å². The van der Waals surface area contributed by atoms with E-state index in [9.17, 15) is 9.18 Å². The molecule has 1 nitrogen and oxygen atoms in total. The van der Waals surface area contributed by atoms with Gasteiger partial charge in [0.1, 0.15) is 5.82 Å². The third-order valence-corrected chi connectivity index (χ3v) is 3.65. The summed E-state index contributed by atoms with van der Waals surface area (Å²) in [6, 6.07) is 9.39. The maximum atomic E-state index is 13.3. The van der Waals surface area contributed by atoms with Crippen LogP contribution in [-0.4, -0.2) is 5.78 Å². The molecule has 2 aromatic rings. The molecule has 18 heavy (non-hydrogen) atoms. The van der Waals surface area contributed by atoms with Crippen molar-refractivity contribution in [1.29, 1.82) is 0 Å². The number of carbonyl (C=O) groups excluding carboxylic acids is 1. The zero-order chi connectivity index (χ0) is 13.3. The van der Waals surface area contributed by atoms with E-state index in [0.29, 0.717) is 16.1 Å². The second-order valence-corrected chi connectivity index (χ2v) is 5.57. The van der Waals surface area contributed by atoms with Crippen molar-refractivity contribution in [1.82, 2.24) is 0 Å². The van der Waals surface area contributed by atoms with E-state index in [1.807, 2.05) is 0 Å². The lowest BCUT2D eigenvalue weighted by atomic mass is 10.0. The van der Waals surface area contributed by atoms with Crippen molar-refractivity contribution in [2.45, 2.75) is 6.92 Å². The zero-order valence-corrected chi connectivity index (χ0v) is 12.4. The molecule has 0 aromatic heterocycles. The summed E-state index contributed by atoms with van der Waals surface area (Å²) in [4.78, 5) is 12.3. The highest BCUT2D eigenvalue weighted by Gasteiger charge is 2.14. The Morgan fingerprint density at radius 1 is 1.22 bits per heavy atom. The van der Waals surface area contributed by atoms with E-state index >= 15 is 0 Å². The first kappa shape index (κ1) is 13.5. The third kappa shape index (κ3) is 2.90. The molecule has 0 aliphatic heterocycles. The van der Waals surface area contributed by atoms with Gasteiger partial charge in [0, 0.05) is 19.7 Å². The van der Waals surface area contributed by atoms with Crippen LogP contribution in [0.15, 0.2) is 36.4 Å². The highest BCUT2D eigenvalue weighted by atomic mass is 127. The first-order valence-corrected chi connectivity index (χ1v) is 6.70. The third-order valence-electron chi connectivity index (χ3n) is 2.48. The zero-order valence-electron chi connectivity index (χ0n) is 9.51. The molecule has 0 atom stereocenters. The van der Waals surface area contributed by atoms with Crippen LogP contribution >= 0.6 is 34.2 Å². The highest BCUT2D eigenvalue weighted by Crippen LogP contribution is 2.22. The summed E-state index contributed by atoms with van der Waals surface area (Å²) in [7, 11) is 0. The summed E-state index contributed by atoms with van der Waals surface area (Å²) in [5.41, 5.74) is 1.55. The van der Waals surface area contributed by atoms with Crippen LogP contribution in [-0.2, 0) is 0 Å². The fourth-order valence-electron chi connectivity index (χ4n) is 1.69. The molecule has 0 N–H and O–H groups in total. The number of halogens is 3. The number of benzene rings is 2. The second-order valence-electron chi connectivity index (χ2n) is 3.97. The fourth-order valence-corrected chi connectivity index (χ4v) is 2.45. The van der Waals surface area contributed by atoms with Crippen LogP contribution in [0.1, 0.15) is 21.5 Å². The summed E-state index contributed by atoms with van der Waals surface area (Å²) in [6.45, 7) is 1.75. The Bertz CT molecular complexity index is 605. The van der Waals surface area contributed by atoms with E-state index in [0.717, 1.165) is 9.13 Å². The molecule has 2 rings (SSSR count). The van der Waals surface area contributed by atoms with Gasteiger partial charge in [-0.3, -0.25) is 4.79 Å². The molecule has 4 heteroatoms. The molecule has 0 radical (unpaired) electrons. The van der Waals surface area contributed by atoms with Crippen LogP contribution in [0.4, 0.5) is 4.39 Å². The van der Waals surface area contributed by atoms with Gasteiger partial charge in [0.2, 0.25) is 0 Å². The lowest BCUT2D eigenvalue weighted by Gasteiger charge is -2.06. The van der Waals surface area contributed by atoms with Crippen LogP contribution in [0.3, 0.4) is 0 Å². The number of aryl methyl sites for hydroxylation is 1. The molecule has 0 saturated carbocycles. The summed E-state index contributed by atoms with van der Waals surface area (Å²) < 4.78 is 14.1. The van der Waals surface area contributed by atoms with Crippen molar-refractivity contribution in [2.75, 3.05) is 0 Å². The van der Waals surface area contributed by atoms with Crippen LogP contribution in [0.2, 0.25) is 5.02 Å². The predicted octanol–water partition coefficient (Wildman–Crippen LogP) is 4.62. The molecule has 0 spiro atoms. The normalized spacial score (nSPS) is 10.4. The smallest absolute Gasteiger partial charge is 0.194 e. The van der Waals surface area contributed by atoms with Crippen LogP contribution < -0.4 is 0 Å². The molecule has 0 bridgehead atoms. The van der Waals surface area contributed by atoms with Gasteiger partial charge in [-0.2, -0.15) is 0 Å². The van der Waals surface area contributed by atoms with E-state index in [1.54, 1.807) is 31.2 Å². The topological polar surface area (TPSA) is 17.1 Å². The largest absolute Gasteiger partial charge is 0.289 e. The molecule has 2 aromatic carbocycles. The van der Waals surface area contributed by atoms with Gasteiger partial charge >= 0.3 is 0 Å². The predicted molar refractivity (Wildman–Crippen MR) is 78.7 cm³/mol.